The van der Waals surface area contributed by atoms with Gasteiger partial charge in [-0.25, -0.2) is 24.0 Å². The number of carbonyl (C=O) groups is 4. The van der Waals surface area contributed by atoms with Crippen LogP contribution in [0.2, 0.25) is 0 Å². The van der Waals surface area contributed by atoms with Gasteiger partial charge in [0.1, 0.15) is 16.9 Å². The van der Waals surface area contributed by atoms with E-state index in [9.17, 15) is 33.9 Å². The molecule has 98 heavy (non-hydrogen) atoms. The second-order valence-electron chi connectivity index (χ2n) is 23.4. The Hall–Kier alpha value is 1.81. The number of H-pyrrole nitrogens is 2. The molecule has 4 aromatic carbocycles. The van der Waals surface area contributed by atoms with E-state index in [0.717, 1.165) is 94.2 Å². The standard InChI is InChI=1S/C32H40N4O5.C23H24N2O4.C9H18N2O2.15Ga.17H/c1-32(2,3)41-31(39)35-20-18-34(19-21-35)29(37)27-28(24-14-8-5-9-15-24)36(30(38)33-27)25-16-10-11-17-26(25)40-22-23-12-6-4-7-13-23;26-22(27)20-21(17-11-5-2-6-12-17)25(23(28)24-20)18-13-7-8-14-19(18)29-15-16-9-3-1-4-10-16;1-9(2,3)13-8(12)11-6-4-10-5-7-11;;;;;;;;;;;;;;;;;;;;;;;;;;;;;;;;/h4-9,12-15,25-26H,10-11,16-22H2,1-3H3,(H,33,38);1-6,9-12,18-19H,7-8,13-15H2,(H,24,28)(H,26,27);10H,4-7H2,1-3H3;;;;;;;;;;;;;;;;;;;;;;;;;;;;;;;;/t25-,26-;18-,19-;;;;;;;;;;;;;;;;;;;;;;;;;;;;;;;;;/m11................................./s1. The number of imidazole rings is 2. The summed E-state index contributed by atoms with van der Waals surface area (Å²) in [6, 6.07) is 38.4. The monoisotopic (exact) mass is 2190 g/mol. The number of nitrogens with one attached hydrogen (secondary N) is 3. The van der Waals surface area contributed by atoms with Crippen molar-refractivity contribution in [1.82, 2.24) is 39.1 Å². The molecule has 4 N–H and O–H groups in total. The maximum absolute atomic E-state index is 13.9. The molecule has 19 nitrogen and oxygen atoms in total. The van der Waals surface area contributed by atoms with E-state index in [-0.39, 0.29) is 362 Å². The fraction of sp³-hybridized carbons (Fsp3) is 0.469. The van der Waals surface area contributed by atoms with Crippen LogP contribution in [0.15, 0.2) is 131 Å². The number of hydrogen-bond acceptors (Lipinski definition) is 11. The van der Waals surface area contributed by atoms with Crippen LogP contribution >= 0.6 is 0 Å². The number of benzene rings is 4. The SMILES string of the molecule is CC(C)(C)OC(=O)N1CCN(C(=O)c2[nH]c(=O)n([C@@H]3CCCC[C@H]3OCc3ccccc3)c2-c2ccccc2)CC1.CC(C)(C)OC(=O)N1CCNCC1.O=C(O)c1[nH]c(=O)n([C@@H]2CCCC[C@H]2OCc2ccccc2)c1-c1ccccc1.[GaH2].[GaH2].[GaH].[GaH].[GaH].[GaH].[GaH].[GaH].[GaH].[GaH].[GaH].[GaH].[GaH].[GaH].[GaH]. The first-order chi connectivity index (χ1) is 39.8. The van der Waals surface area contributed by atoms with E-state index < -0.39 is 17.3 Å². The first-order valence-corrected chi connectivity index (χ1v) is 29.1. The van der Waals surface area contributed by atoms with Crippen molar-refractivity contribution >= 4 is 321 Å². The third-order valence-electron chi connectivity index (χ3n) is 15.0. The van der Waals surface area contributed by atoms with Crippen LogP contribution in [0, 0.1) is 0 Å². The molecule has 4 heterocycles. The minimum absolute atomic E-state index is 0. The zero-order valence-corrected chi connectivity index (χ0v) is 107. The molecule has 506 valence electrons. The molecule has 4 atom stereocenters. The van der Waals surface area contributed by atoms with Gasteiger partial charge in [0.2, 0.25) is 0 Å². The van der Waals surface area contributed by atoms with Crippen LogP contribution in [0.3, 0.4) is 0 Å². The summed E-state index contributed by atoms with van der Waals surface area (Å²) in [5.74, 6) is -1.39. The van der Waals surface area contributed by atoms with Crippen molar-refractivity contribution in [1.29, 1.82) is 0 Å². The number of aromatic nitrogens is 4. The Bertz CT molecular complexity index is 3230. The van der Waals surface area contributed by atoms with Crippen LogP contribution < -0.4 is 16.7 Å². The summed E-state index contributed by atoms with van der Waals surface area (Å²) in [5, 5.41) is 12.8. The normalized spacial score (nSPS) is 16.4. The van der Waals surface area contributed by atoms with Gasteiger partial charge in [0.25, 0.3) is 5.91 Å². The van der Waals surface area contributed by atoms with Crippen LogP contribution in [-0.2, 0) is 32.2 Å². The number of amides is 3. The number of carboxylic acid groups (broad SMARTS) is 1. The number of ether oxygens (including phenoxy) is 4. The molecule has 6 aromatic rings. The van der Waals surface area contributed by atoms with Gasteiger partial charge in [-0.1, -0.05) is 147 Å². The van der Waals surface area contributed by atoms with Crippen LogP contribution in [0.5, 0.6) is 0 Å². The summed E-state index contributed by atoms with van der Waals surface area (Å²) in [6.45, 7) is 16.7. The molecular formula is C64H99Ga15N8O11. The molecule has 4 aliphatic rings. The van der Waals surface area contributed by atoms with Crippen LogP contribution in [0.25, 0.3) is 22.5 Å². The third-order valence-corrected chi connectivity index (χ3v) is 15.0. The van der Waals surface area contributed by atoms with Gasteiger partial charge in [-0.05, 0) is 78.4 Å². The molecule has 4 fully saturated rings. The first kappa shape index (κ1) is 116. The molecule has 28 radical (unpaired) electrons. The molecular weight excluding hydrogens is 2100 g/mol. The van der Waals surface area contributed by atoms with Gasteiger partial charge in [0.05, 0.1) is 48.9 Å². The number of rotatable bonds is 12. The number of piperazine rings is 2. The van der Waals surface area contributed by atoms with Gasteiger partial charge in [-0.3, -0.25) is 18.9 Å². The van der Waals surface area contributed by atoms with E-state index in [0.29, 0.717) is 56.3 Å². The Labute approximate surface area is 773 Å². The molecule has 2 aliphatic carbocycles. The average molecular weight is 2200 g/mol. The molecule has 2 saturated carbocycles. The number of carbonyl (C=O) groups excluding carboxylic acids is 3. The second-order valence-corrected chi connectivity index (χ2v) is 23.4. The van der Waals surface area contributed by atoms with E-state index in [1.165, 1.54) is 0 Å². The molecule has 0 bridgehead atoms. The summed E-state index contributed by atoms with van der Waals surface area (Å²) in [4.78, 5) is 86.8. The van der Waals surface area contributed by atoms with Crippen LogP contribution in [-0.4, -0.2) is 436 Å². The molecule has 0 spiro atoms. The molecule has 10 rings (SSSR count). The van der Waals surface area contributed by atoms with E-state index in [4.69, 9.17) is 18.9 Å². The van der Waals surface area contributed by atoms with Gasteiger partial charge >= 0.3 is 326 Å². The maximum atomic E-state index is 13.9. The van der Waals surface area contributed by atoms with Gasteiger partial charge in [-0.15, -0.1) is 0 Å². The number of hydrogen-bond donors (Lipinski definition) is 4. The number of aromatic amines is 2. The third kappa shape index (κ3) is 35.0. The van der Waals surface area contributed by atoms with Gasteiger partial charge < -0.3 is 49.1 Å². The summed E-state index contributed by atoms with van der Waals surface area (Å²) >= 11 is 0. The summed E-state index contributed by atoms with van der Waals surface area (Å²) < 4.78 is 26.7. The molecule has 2 aliphatic heterocycles. The fourth-order valence-corrected chi connectivity index (χ4v) is 11.0. The van der Waals surface area contributed by atoms with Crippen molar-refractivity contribution in [3.8, 4) is 22.5 Å². The van der Waals surface area contributed by atoms with Crippen molar-refractivity contribution < 1.29 is 43.2 Å². The minimum atomic E-state index is -1.14. The number of carboxylic acids is 1. The van der Waals surface area contributed by atoms with Crippen molar-refractivity contribution in [3.05, 3.63) is 165 Å². The molecule has 34 heteroatoms. The van der Waals surface area contributed by atoms with Gasteiger partial charge in [0.15, 0.2) is 5.69 Å². The van der Waals surface area contributed by atoms with Gasteiger partial charge in [0, 0.05) is 63.5 Å². The van der Waals surface area contributed by atoms with Crippen molar-refractivity contribution in [2.24, 2.45) is 0 Å². The number of aromatic carboxylic acids is 1. The molecule has 2 aromatic heterocycles. The van der Waals surface area contributed by atoms with E-state index >= 15 is 0 Å². The molecule has 3 amide bonds. The summed E-state index contributed by atoms with van der Waals surface area (Å²) in [6.07, 6.45) is 6.39. The Morgan fingerprint density at radius 3 is 1.09 bits per heavy atom. The van der Waals surface area contributed by atoms with Gasteiger partial charge in [-0.2, -0.15) is 0 Å². The molecule has 0 unspecified atom stereocenters. The van der Waals surface area contributed by atoms with Crippen molar-refractivity contribution in [2.45, 2.75) is 142 Å². The molecule has 2 saturated heterocycles. The predicted octanol–water partition coefficient (Wildman–Crippen LogP) is 0.0427. The predicted molar refractivity (Wildman–Crippen MR) is 427 cm³/mol. The zero-order chi connectivity index (χ0) is 59.1. The second kappa shape index (κ2) is 57.9. The van der Waals surface area contributed by atoms with Crippen molar-refractivity contribution in [3.63, 3.8) is 0 Å². The Morgan fingerprint density at radius 1 is 0.439 bits per heavy atom. The number of nitrogens with zero attached hydrogens (tertiary/aromatic N) is 5. The van der Waals surface area contributed by atoms with Crippen LogP contribution in [0.1, 0.15) is 137 Å². The van der Waals surface area contributed by atoms with E-state index in [2.05, 4.69) is 15.3 Å². The first-order valence-electron chi connectivity index (χ1n) is 29.1. The van der Waals surface area contributed by atoms with Crippen molar-refractivity contribution in [2.75, 3.05) is 52.4 Å². The fourth-order valence-electron chi connectivity index (χ4n) is 11.0. The summed E-state index contributed by atoms with van der Waals surface area (Å²) in [5.41, 5.74) is 3.20. The Morgan fingerprint density at radius 2 is 0.745 bits per heavy atom. The Kier molecular flexibility index (Phi) is 68.3. The average Bonchev–Trinajstić information content (AvgIpc) is 1.59. The van der Waals surface area contributed by atoms with E-state index in [1.807, 2.05) is 163 Å². The van der Waals surface area contributed by atoms with Crippen LogP contribution in [0.4, 0.5) is 9.59 Å². The van der Waals surface area contributed by atoms with E-state index in [1.54, 1.807) is 23.8 Å². The quantitative estimate of drug-likeness (QED) is 0.119. The summed E-state index contributed by atoms with van der Waals surface area (Å²) in [7, 11) is 0. The Balaban J connectivity index is -0.000000211. The zero-order valence-electron chi connectivity index (χ0n) is 60.0. The topological polar surface area (TPSA) is 223 Å².